The molecule has 0 aliphatic rings. The Morgan fingerprint density at radius 3 is 2.88 bits per heavy atom. The van der Waals surface area contributed by atoms with Gasteiger partial charge in [-0.25, -0.2) is 15.0 Å². The number of hydrogen-bond acceptors (Lipinski definition) is 6. The molecule has 8 nitrogen and oxygen atoms in total. The number of fused-ring (bicyclic) bond motifs is 3. The number of H-pyrrole nitrogens is 1. The summed E-state index contributed by atoms with van der Waals surface area (Å²) in [6, 6.07) is 15.3. The quantitative estimate of drug-likeness (QED) is 0.387. The van der Waals surface area contributed by atoms with Gasteiger partial charge in [0.05, 0.1) is 22.7 Å². The molecule has 6 rings (SSSR count). The van der Waals surface area contributed by atoms with Crippen molar-refractivity contribution in [1.29, 1.82) is 0 Å². The summed E-state index contributed by atoms with van der Waals surface area (Å²) in [7, 11) is 0. The lowest BCUT2D eigenvalue weighted by Gasteiger charge is -2.06. The molecule has 33 heavy (non-hydrogen) atoms. The molecule has 0 saturated heterocycles. The summed E-state index contributed by atoms with van der Waals surface area (Å²) in [4.78, 5) is 33.0. The third-order valence-electron chi connectivity index (χ3n) is 5.43. The molecule has 0 atom stereocenters. The normalized spacial score (nSPS) is 11.3. The van der Waals surface area contributed by atoms with E-state index in [2.05, 4.69) is 32.6 Å². The number of carbonyl (C=O) groups is 1. The van der Waals surface area contributed by atoms with Crippen molar-refractivity contribution in [2.75, 3.05) is 0 Å². The van der Waals surface area contributed by atoms with Gasteiger partial charge in [0.1, 0.15) is 17.6 Å². The fourth-order valence-corrected chi connectivity index (χ4v) is 3.83. The summed E-state index contributed by atoms with van der Waals surface area (Å²) in [6.07, 6.45) is 7.93. The fraction of sp³-hybridized carbons (Fsp3) is 0. The molecule has 158 valence electrons. The van der Waals surface area contributed by atoms with E-state index in [4.69, 9.17) is 9.72 Å². The molecule has 4 aromatic heterocycles. The number of nitrogens with one attached hydrogen (secondary N) is 1. The van der Waals surface area contributed by atoms with Gasteiger partial charge in [-0.05, 0) is 42.0 Å². The van der Waals surface area contributed by atoms with Crippen LogP contribution in [0.2, 0.25) is 0 Å². The molecule has 4 heterocycles. The van der Waals surface area contributed by atoms with Crippen LogP contribution in [-0.4, -0.2) is 35.4 Å². The van der Waals surface area contributed by atoms with Crippen molar-refractivity contribution >= 4 is 39.0 Å². The van der Waals surface area contributed by atoms with Gasteiger partial charge in [0, 0.05) is 29.4 Å². The molecule has 8 heteroatoms. The molecule has 0 radical (unpaired) electrons. The number of pyridine rings is 1. The van der Waals surface area contributed by atoms with Crippen LogP contribution in [-0.2, 0) is 0 Å². The largest absolute Gasteiger partial charge is 0.437 e. The molecule has 0 spiro atoms. The highest BCUT2D eigenvalue weighted by molar-refractivity contribution is 5.97. The monoisotopic (exact) mass is 432 g/mol. The van der Waals surface area contributed by atoms with Gasteiger partial charge < -0.3 is 9.72 Å². The highest BCUT2D eigenvalue weighted by atomic mass is 16.5. The lowest BCUT2D eigenvalue weighted by molar-refractivity contribution is 0.0973. The second-order valence-corrected chi connectivity index (χ2v) is 7.43. The van der Waals surface area contributed by atoms with E-state index in [-0.39, 0.29) is 5.91 Å². The number of hydrogen-bond donors (Lipinski definition) is 1. The van der Waals surface area contributed by atoms with Gasteiger partial charge in [0.15, 0.2) is 5.65 Å². The van der Waals surface area contributed by atoms with Gasteiger partial charge in [-0.3, -0.25) is 14.3 Å². The summed E-state index contributed by atoms with van der Waals surface area (Å²) >= 11 is 0. The number of allylic oxidation sites excluding steroid dienone is 1. The highest BCUT2D eigenvalue weighted by Gasteiger charge is 2.13. The topological polar surface area (TPSA) is 98.6 Å². The van der Waals surface area contributed by atoms with Crippen LogP contribution >= 0.6 is 0 Å². The molecule has 0 aliphatic heterocycles. The van der Waals surface area contributed by atoms with Crippen molar-refractivity contribution < 1.29 is 9.53 Å². The van der Waals surface area contributed by atoms with E-state index < -0.39 is 0 Å². The van der Waals surface area contributed by atoms with E-state index in [0.29, 0.717) is 33.8 Å². The van der Waals surface area contributed by atoms with Gasteiger partial charge in [-0.15, -0.1) is 0 Å². The van der Waals surface area contributed by atoms with Crippen LogP contribution in [0.15, 0.2) is 86.1 Å². The van der Waals surface area contributed by atoms with E-state index in [9.17, 15) is 4.79 Å². The Labute approximate surface area is 187 Å². The van der Waals surface area contributed by atoms with Crippen molar-refractivity contribution in [3.63, 3.8) is 0 Å². The average Bonchev–Trinajstić information content (AvgIpc) is 3.47. The van der Waals surface area contributed by atoms with Gasteiger partial charge >= 0.3 is 0 Å². The Hall–Kier alpha value is -4.85. The summed E-state index contributed by atoms with van der Waals surface area (Å²) in [5.74, 6) is 0.591. The SMILES string of the molecule is C=CC(=O)n1cnc2ccc(Oc3cnc4[nH]cc(-c5ccc6ncccc6c5)c4n3)cc21. The van der Waals surface area contributed by atoms with Gasteiger partial charge in [-0.2, -0.15) is 0 Å². The Morgan fingerprint density at radius 2 is 1.97 bits per heavy atom. The second-order valence-electron chi connectivity index (χ2n) is 7.43. The molecule has 0 saturated carbocycles. The Bertz CT molecular complexity index is 1700. The Kier molecular flexibility index (Phi) is 4.22. The summed E-state index contributed by atoms with van der Waals surface area (Å²) < 4.78 is 7.41. The second kappa shape index (κ2) is 7.38. The fourth-order valence-electron chi connectivity index (χ4n) is 3.83. The van der Waals surface area contributed by atoms with Crippen LogP contribution in [0.25, 0.3) is 44.2 Å². The number of imidazole rings is 1. The maximum absolute atomic E-state index is 12.1. The van der Waals surface area contributed by atoms with E-state index in [0.717, 1.165) is 22.0 Å². The summed E-state index contributed by atoms with van der Waals surface area (Å²) in [5.41, 5.74) is 5.51. The Morgan fingerprint density at radius 1 is 1.06 bits per heavy atom. The lowest BCUT2D eigenvalue weighted by atomic mass is 10.1. The van der Waals surface area contributed by atoms with Crippen LogP contribution < -0.4 is 4.74 Å². The van der Waals surface area contributed by atoms with Crippen LogP contribution in [0.4, 0.5) is 0 Å². The number of aromatic amines is 1. The third kappa shape index (κ3) is 3.21. The number of rotatable bonds is 4. The van der Waals surface area contributed by atoms with Crippen molar-refractivity contribution in [2.24, 2.45) is 0 Å². The molecule has 0 amide bonds. The third-order valence-corrected chi connectivity index (χ3v) is 5.43. The maximum Gasteiger partial charge on any atom is 0.255 e. The number of nitrogens with zero attached hydrogens (tertiary/aromatic N) is 5. The maximum atomic E-state index is 12.1. The highest BCUT2D eigenvalue weighted by Crippen LogP contribution is 2.31. The smallest absolute Gasteiger partial charge is 0.255 e. The molecule has 0 bridgehead atoms. The first-order valence-corrected chi connectivity index (χ1v) is 10.2. The average molecular weight is 432 g/mol. The zero-order valence-corrected chi connectivity index (χ0v) is 17.3. The number of ether oxygens (including phenoxy) is 1. The number of benzene rings is 2. The van der Waals surface area contributed by atoms with E-state index in [1.54, 1.807) is 30.6 Å². The molecular formula is C25H16N6O2. The molecule has 0 aliphatic carbocycles. The van der Waals surface area contributed by atoms with Crippen molar-refractivity contribution in [1.82, 2.24) is 29.5 Å². The number of aromatic nitrogens is 6. The van der Waals surface area contributed by atoms with Crippen LogP contribution in [0.3, 0.4) is 0 Å². The van der Waals surface area contributed by atoms with E-state index in [1.165, 1.54) is 17.0 Å². The number of carbonyl (C=O) groups excluding carboxylic acids is 1. The molecule has 0 fully saturated rings. The van der Waals surface area contributed by atoms with Crippen molar-refractivity contribution in [2.45, 2.75) is 0 Å². The first-order valence-electron chi connectivity index (χ1n) is 10.2. The van der Waals surface area contributed by atoms with Crippen molar-refractivity contribution in [3.05, 3.63) is 86.1 Å². The van der Waals surface area contributed by atoms with Gasteiger partial charge in [0.25, 0.3) is 5.91 Å². The zero-order valence-electron chi connectivity index (χ0n) is 17.3. The molecule has 0 unspecified atom stereocenters. The van der Waals surface area contributed by atoms with Crippen molar-refractivity contribution in [3.8, 4) is 22.8 Å². The van der Waals surface area contributed by atoms with E-state index in [1.807, 2.05) is 30.5 Å². The standard InChI is InChI=1S/C25H16N6O2/c1-2-23(32)31-14-29-20-8-6-17(11-21(20)31)33-22-13-28-25-24(30-22)18(12-27-25)15-5-7-19-16(10-15)4-3-9-26-19/h2-14H,1H2,(H,27,28). The van der Waals surface area contributed by atoms with E-state index >= 15 is 0 Å². The minimum atomic E-state index is -0.265. The molecule has 2 aromatic carbocycles. The zero-order chi connectivity index (χ0) is 22.4. The van der Waals surface area contributed by atoms with Gasteiger partial charge in [-0.1, -0.05) is 18.7 Å². The minimum absolute atomic E-state index is 0.265. The molecular weight excluding hydrogens is 416 g/mol. The van der Waals surface area contributed by atoms with Crippen LogP contribution in [0.1, 0.15) is 4.79 Å². The molecule has 1 N–H and O–H groups in total. The first kappa shape index (κ1) is 18.9. The minimum Gasteiger partial charge on any atom is -0.437 e. The first-order chi connectivity index (χ1) is 16.2. The van der Waals surface area contributed by atoms with Crippen LogP contribution in [0, 0.1) is 0 Å². The van der Waals surface area contributed by atoms with Crippen LogP contribution in [0.5, 0.6) is 11.6 Å². The molecule has 6 aromatic rings. The lowest BCUT2D eigenvalue weighted by Crippen LogP contribution is -2.04. The Balaban J connectivity index is 1.39. The summed E-state index contributed by atoms with van der Waals surface area (Å²) in [5, 5.41) is 1.05. The summed E-state index contributed by atoms with van der Waals surface area (Å²) in [6.45, 7) is 3.53. The predicted octanol–water partition coefficient (Wildman–Crippen LogP) is 5.14. The van der Waals surface area contributed by atoms with Gasteiger partial charge in [0.2, 0.25) is 5.88 Å². The predicted molar refractivity (Wildman–Crippen MR) is 125 cm³/mol.